The number of Topliss-reactive ketones (excluding diaryl/α,β-unsaturated/α-hetero) is 1. The second kappa shape index (κ2) is 7.40. The molecule has 0 amide bonds. The van der Waals surface area contributed by atoms with E-state index in [2.05, 4.69) is 33.9 Å². The number of hydrogen-bond acceptors (Lipinski definition) is 1. The Morgan fingerprint density at radius 2 is 1.94 bits per heavy atom. The van der Waals surface area contributed by atoms with Gasteiger partial charge in [-0.1, -0.05) is 52.2 Å². The summed E-state index contributed by atoms with van der Waals surface area (Å²) in [7, 11) is 0.820. The lowest BCUT2D eigenvalue weighted by Gasteiger charge is -2.26. The van der Waals surface area contributed by atoms with Crippen LogP contribution in [0.3, 0.4) is 0 Å². The maximum atomic E-state index is 11.5. The van der Waals surface area contributed by atoms with Crippen molar-refractivity contribution in [3.8, 4) is 0 Å². The van der Waals surface area contributed by atoms with Crippen LogP contribution in [0.15, 0.2) is 48.6 Å². The Labute approximate surface area is 107 Å². The summed E-state index contributed by atoms with van der Waals surface area (Å²) >= 11 is 0. The standard InChI is InChI=1S/C15H23OP/c1-7-10-13(12(4)16)11-14(8-2)15(5,6)17-9-3/h7-8,10-11,17H,1-2,9H2,3-6H3/b13-10+,14-11+. The fourth-order valence-electron chi connectivity index (χ4n) is 1.60. The van der Waals surface area contributed by atoms with Crippen LogP contribution in [-0.4, -0.2) is 17.1 Å². The number of allylic oxidation sites excluding steroid dienone is 6. The fourth-order valence-corrected chi connectivity index (χ4v) is 2.86. The third kappa shape index (κ3) is 5.28. The van der Waals surface area contributed by atoms with Crippen LogP contribution in [-0.2, 0) is 4.79 Å². The van der Waals surface area contributed by atoms with E-state index in [4.69, 9.17) is 0 Å². The minimum Gasteiger partial charge on any atom is -0.295 e. The second-order valence-electron chi connectivity index (χ2n) is 4.37. The van der Waals surface area contributed by atoms with Gasteiger partial charge in [0.2, 0.25) is 0 Å². The Kier molecular flexibility index (Phi) is 6.99. The van der Waals surface area contributed by atoms with Crippen LogP contribution in [0.25, 0.3) is 0 Å². The van der Waals surface area contributed by atoms with Crippen molar-refractivity contribution in [1.29, 1.82) is 0 Å². The van der Waals surface area contributed by atoms with Gasteiger partial charge in [0.05, 0.1) is 0 Å². The highest BCUT2D eigenvalue weighted by molar-refractivity contribution is 7.40. The Balaban J connectivity index is 5.36. The quantitative estimate of drug-likeness (QED) is 0.374. The van der Waals surface area contributed by atoms with Crippen LogP contribution in [0.5, 0.6) is 0 Å². The molecule has 0 saturated heterocycles. The summed E-state index contributed by atoms with van der Waals surface area (Å²) in [5, 5.41) is 0.0756. The lowest BCUT2D eigenvalue weighted by atomic mass is 9.98. The molecule has 1 unspecified atom stereocenters. The lowest BCUT2D eigenvalue weighted by molar-refractivity contribution is -0.113. The molecule has 0 spiro atoms. The number of carbonyl (C=O) groups is 1. The molecule has 0 aliphatic carbocycles. The van der Waals surface area contributed by atoms with E-state index in [1.165, 1.54) is 0 Å². The molecule has 0 aromatic rings. The van der Waals surface area contributed by atoms with Crippen LogP contribution in [0.4, 0.5) is 0 Å². The zero-order valence-corrected chi connectivity index (χ0v) is 12.3. The molecular formula is C15H23OP. The molecule has 2 heteroatoms. The zero-order valence-electron chi connectivity index (χ0n) is 11.3. The van der Waals surface area contributed by atoms with Crippen molar-refractivity contribution < 1.29 is 4.79 Å². The highest BCUT2D eigenvalue weighted by Gasteiger charge is 2.20. The van der Waals surface area contributed by atoms with Gasteiger partial charge < -0.3 is 0 Å². The summed E-state index contributed by atoms with van der Waals surface area (Å²) in [6, 6.07) is 0. The molecule has 17 heavy (non-hydrogen) atoms. The molecule has 0 rings (SSSR count). The molecule has 0 aromatic carbocycles. The van der Waals surface area contributed by atoms with E-state index >= 15 is 0 Å². The van der Waals surface area contributed by atoms with Gasteiger partial charge in [-0.15, -0.1) is 8.58 Å². The van der Waals surface area contributed by atoms with Crippen molar-refractivity contribution in [2.75, 3.05) is 6.16 Å². The number of hydrogen-bond donors (Lipinski definition) is 0. The first-order valence-electron chi connectivity index (χ1n) is 5.82. The Bertz CT molecular complexity index is 359. The molecule has 0 heterocycles. The molecule has 0 aliphatic heterocycles. The van der Waals surface area contributed by atoms with Gasteiger partial charge in [0.25, 0.3) is 0 Å². The van der Waals surface area contributed by atoms with Crippen molar-refractivity contribution in [2.45, 2.75) is 32.9 Å². The van der Waals surface area contributed by atoms with Gasteiger partial charge in [-0.05, 0) is 24.7 Å². The number of ketones is 1. The monoisotopic (exact) mass is 250 g/mol. The predicted molar refractivity (Wildman–Crippen MR) is 80.2 cm³/mol. The lowest BCUT2D eigenvalue weighted by Crippen LogP contribution is -2.16. The second-order valence-corrected chi connectivity index (χ2v) is 6.68. The maximum Gasteiger partial charge on any atom is 0.159 e. The largest absolute Gasteiger partial charge is 0.295 e. The average Bonchev–Trinajstić information content (AvgIpc) is 2.23. The van der Waals surface area contributed by atoms with Crippen molar-refractivity contribution in [3.05, 3.63) is 48.6 Å². The van der Waals surface area contributed by atoms with E-state index in [1.807, 2.05) is 12.2 Å². The van der Waals surface area contributed by atoms with Gasteiger partial charge in [-0.3, -0.25) is 4.79 Å². The molecule has 0 radical (unpaired) electrons. The number of carbonyl (C=O) groups excluding carboxylic acids is 1. The molecule has 1 nitrogen and oxygen atoms in total. The fraction of sp³-hybridized carbons (Fsp3) is 0.400. The normalized spacial score (nSPS) is 14.1. The third-order valence-electron chi connectivity index (χ3n) is 2.58. The predicted octanol–water partition coefficient (Wildman–Crippen LogP) is 4.28. The Hall–Kier alpha value is -0.940. The number of rotatable bonds is 7. The average molecular weight is 250 g/mol. The summed E-state index contributed by atoms with van der Waals surface area (Å²) in [5.74, 6) is 0.0554. The molecule has 0 saturated carbocycles. The van der Waals surface area contributed by atoms with E-state index in [0.29, 0.717) is 5.57 Å². The molecule has 0 fully saturated rings. The van der Waals surface area contributed by atoms with Crippen molar-refractivity contribution in [3.63, 3.8) is 0 Å². The first-order chi connectivity index (χ1) is 7.88. The van der Waals surface area contributed by atoms with Gasteiger partial charge in [0.1, 0.15) is 0 Å². The van der Waals surface area contributed by atoms with Crippen LogP contribution in [0.1, 0.15) is 27.7 Å². The van der Waals surface area contributed by atoms with E-state index in [9.17, 15) is 4.79 Å². The van der Waals surface area contributed by atoms with Gasteiger partial charge in [0.15, 0.2) is 5.78 Å². The van der Waals surface area contributed by atoms with Gasteiger partial charge in [-0.25, -0.2) is 0 Å². The zero-order chi connectivity index (χ0) is 13.5. The smallest absolute Gasteiger partial charge is 0.159 e. The van der Waals surface area contributed by atoms with Crippen LogP contribution >= 0.6 is 8.58 Å². The minimum absolute atomic E-state index is 0.0554. The first-order valence-corrected chi connectivity index (χ1v) is 7.03. The van der Waals surface area contributed by atoms with Crippen molar-refractivity contribution in [2.24, 2.45) is 0 Å². The topological polar surface area (TPSA) is 17.1 Å². The molecule has 0 bridgehead atoms. The molecule has 0 aliphatic rings. The van der Waals surface area contributed by atoms with Gasteiger partial charge >= 0.3 is 0 Å². The van der Waals surface area contributed by atoms with E-state index in [1.54, 1.807) is 19.1 Å². The molecule has 0 N–H and O–H groups in total. The summed E-state index contributed by atoms with van der Waals surface area (Å²) in [5.41, 5.74) is 1.80. The van der Waals surface area contributed by atoms with Gasteiger partial charge in [0, 0.05) is 10.7 Å². The SMILES string of the molecule is C=C/C=C(\C=C(/C=C)C(C)(C)PCC)C(C)=O. The Morgan fingerprint density at radius 1 is 1.35 bits per heavy atom. The summed E-state index contributed by atoms with van der Waals surface area (Å²) in [6.07, 6.45) is 8.31. The van der Waals surface area contributed by atoms with Gasteiger partial charge in [-0.2, -0.15) is 0 Å². The van der Waals surface area contributed by atoms with Crippen LogP contribution < -0.4 is 0 Å². The molecule has 1 atom stereocenters. The maximum absolute atomic E-state index is 11.5. The summed E-state index contributed by atoms with van der Waals surface area (Å²) in [6.45, 7) is 15.6. The highest BCUT2D eigenvalue weighted by Crippen LogP contribution is 2.38. The molecule has 94 valence electrons. The van der Waals surface area contributed by atoms with E-state index in [0.717, 1.165) is 20.3 Å². The summed E-state index contributed by atoms with van der Waals surface area (Å²) in [4.78, 5) is 11.5. The highest BCUT2D eigenvalue weighted by atomic mass is 31.1. The molecule has 0 aromatic heterocycles. The summed E-state index contributed by atoms with van der Waals surface area (Å²) < 4.78 is 0. The Morgan fingerprint density at radius 3 is 2.29 bits per heavy atom. The van der Waals surface area contributed by atoms with E-state index < -0.39 is 0 Å². The third-order valence-corrected chi connectivity index (χ3v) is 4.10. The minimum atomic E-state index is 0.0554. The van der Waals surface area contributed by atoms with E-state index in [-0.39, 0.29) is 10.9 Å². The van der Waals surface area contributed by atoms with Crippen molar-refractivity contribution in [1.82, 2.24) is 0 Å². The van der Waals surface area contributed by atoms with Crippen LogP contribution in [0.2, 0.25) is 0 Å². The van der Waals surface area contributed by atoms with Crippen molar-refractivity contribution >= 4 is 14.4 Å². The van der Waals surface area contributed by atoms with Crippen LogP contribution in [0, 0.1) is 0 Å². The first kappa shape index (κ1) is 16.1. The molecular weight excluding hydrogens is 227 g/mol.